The SMILES string of the molecule is C[C@@]12CC=C3C4=CC=C5CC(=O)CC[C@]5(C)C4CC[C@]31C(O)CC2. The topological polar surface area (TPSA) is 37.3 Å². The summed E-state index contributed by atoms with van der Waals surface area (Å²) < 4.78 is 0. The maximum Gasteiger partial charge on any atom is 0.136 e. The van der Waals surface area contributed by atoms with E-state index in [1.807, 2.05) is 0 Å². The molecule has 5 aliphatic rings. The summed E-state index contributed by atoms with van der Waals surface area (Å²) in [6.07, 6.45) is 14.7. The fraction of sp³-hybridized carbons (Fsp3) is 0.682. The summed E-state index contributed by atoms with van der Waals surface area (Å²) in [5, 5.41) is 10.9. The number of ketones is 1. The average molecular weight is 324 g/mol. The first-order chi connectivity index (χ1) is 11.4. The number of allylic oxidation sites excluding steroid dienone is 5. The summed E-state index contributed by atoms with van der Waals surface area (Å²) in [5.74, 6) is 0.944. The highest BCUT2D eigenvalue weighted by Crippen LogP contribution is 2.71. The zero-order valence-electron chi connectivity index (χ0n) is 14.9. The number of fused-ring (bicyclic) bond motifs is 4. The van der Waals surface area contributed by atoms with Crippen molar-refractivity contribution in [2.75, 3.05) is 0 Å². The van der Waals surface area contributed by atoms with Crippen molar-refractivity contribution in [3.63, 3.8) is 0 Å². The third-order valence-electron chi connectivity index (χ3n) is 8.64. The van der Waals surface area contributed by atoms with Gasteiger partial charge in [-0.25, -0.2) is 0 Å². The molecule has 1 N–H and O–H groups in total. The first-order valence-electron chi connectivity index (χ1n) is 9.73. The predicted molar refractivity (Wildman–Crippen MR) is 94.3 cm³/mol. The minimum Gasteiger partial charge on any atom is -0.392 e. The molecule has 3 fully saturated rings. The van der Waals surface area contributed by atoms with Crippen LogP contribution < -0.4 is 0 Å². The highest BCUT2D eigenvalue weighted by molar-refractivity contribution is 5.83. The molecule has 3 saturated carbocycles. The Hall–Kier alpha value is -1.15. The molecule has 1 spiro atoms. The number of aliphatic hydroxyl groups excluding tert-OH is 1. The van der Waals surface area contributed by atoms with Gasteiger partial charge in [0.15, 0.2) is 0 Å². The molecule has 0 bridgehead atoms. The maximum atomic E-state index is 11.9. The van der Waals surface area contributed by atoms with Crippen LogP contribution in [0.4, 0.5) is 0 Å². The molecule has 0 saturated heterocycles. The van der Waals surface area contributed by atoms with Gasteiger partial charge in [-0.15, -0.1) is 0 Å². The number of rotatable bonds is 0. The van der Waals surface area contributed by atoms with Crippen LogP contribution >= 0.6 is 0 Å². The van der Waals surface area contributed by atoms with Crippen LogP contribution in [0.1, 0.15) is 65.2 Å². The summed E-state index contributed by atoms with van der Waals surface area (Å²) >= 11 is 0. The van der Waals surface area contributed by atoms with E-state index in [9.17, 15) is 9.90 Å². The normalized spacial score (nSPS) is 49.5. The standard InChI is InChI=1S/C22H28O2/c1-20-9-6-18-16-4-3-14-13-15(23)5-11-21(14,2)17(16)7-12-22(18,20)19(24)8-10-20/h3-4,6,17,19,24H,5,7-13H2,1-2H3/t17?,19?,20-,21-,22+/m0/s1. The second-order valence-electron chi connectivity index (χ2n) is 9.45. The number of carbonyl (C=O) groups excluding carboxylic acids is 1. The summed E-state index contributed by atoms with van der Waals surface area (Å²) in [4.78, 5) is 11.9. The van der Waals surface area contributed by atoms with E-state index < -0.39 is 0 Å². The van der Waals surface area contributed by atoms with Crippen molar-refractivity contribution in [2.24, 2.45) is 22.2 Å². The van der Waals surface area contributed by atoms with Gasteiger partial charge in [-0.1, -0.05) is 37.6 Å². The van der Waals surface area contributed by atoms with Gasteiger partial charge in [0.2, 0.25) is 0 Å². The molecule has 0 radical (unpaired) electrons. The maximum absolute atomic E-state index is 11.9. The van der Waals surface area contributed by atoms with Crippen molar-refractivity contribution in [3.8, 4) is 0 Å². The Morgan fingerprint density at radius 1 is 1.12 bits per heavy atom. The van der Waals surface area contributed by atoms with Crippen LogP contribution in [0.5, 0.6) is 0 Å². The zero-order chi connectivity index (χ0) is 16.7. The molecule has 5 aliphatic carbocycles. The van der Waals surface area contributed by atoms with Gasteiger partial charge in [0.1, 0.15) is 5.78 Å². The van der Waals surface area contributed by atoms with E-state index in [0.717, 1.165) is 44.9 Å². The van der Waals surface area contributed by atoms with Crippen LogP contribution in [-0.2, 0) is 4.79 Å². The molecule has 0 amide bonds. The number of Topliss-reactive ketones (excluding diaryl/α,β-unsaturated/α-hetero) is 1. The highest BCUT2D eigenvalue weighted by Gasteiger charge is 2.64. The molecule has 5 atom stereocenters. The summed E-state index contributed by atoms with van der Waals surface area (Å²) in [7, 11) is 0. The Kier molecular flexibility index (Phi) is 2.85. The summed E-state index contributed by atoms with van der Waals surface area (Å²) in [6, 6.07) is 0. The fourth-order valence-corrected chi connectivity index (χ4v) is 7.09. The molecule has 2 unspecified atom stereocenters. The lowest BCUT2D eigenvalue weighted by Crippen LogP contribution is -2.48. The molecule has 0 aromatic heterocycles. The van der Waals surface area contributed by atoms with Crippen molar-refractivity contribution < 1.29 is 9.90 Å². The van der Waals surface area contributed by atoms with Crippen molar-refractivity contribution >= 4 is 5.78 Å². The predicted octanol–water partition coefficient (Wildman–Crippen LogP) is 4.50. The quantitative estimate of drug-likeness (QED) is 0.712. The van der Waals surface area contributed by atoms with Crippen molar-refractivity contribution in [2.45, 2.75) is 71.3 Å². The molecule has 0 aromatic rings. The number of hydrogen-bond donors (Lipinski definition) is 1. The lowest BCUT2D eigenvalue weighted by atomic mass is 9.49. The van der Waals surface area contributed by atoms with Gasteiger partial charge in [-0.2, -0.15) is 0 Å². The van der Waals surface area contributed by atoms with Gasteiger partial charge >= 0.3 is 0 Å². The second kappa shape index (κ2) is 4.52. The number of hydrogen-bond acceptors (Lipinski definition) is 2. The number of carbonyl (C=O) groups is 1. The molecule has 0 aromatic carbocycles. The van der Waals surface area contributed by atoms with E-state index in [1.165, 1.54) is 16.7 Å². The minimum atomic E-state index is -0.177. The number of aliphatic hydroxyl groups is 1. The Labute approximate surface area is 144 Å². The van der Waals surface area contributed by atoms with Crippen LogP contribution in [0.3, 0.4) is 0 Å². The van der Waals surface area contributed by atoms with Crippen LogP contribution in [-0.4, -0.2) is 17.0 Å². The highest BCUT2D eigenvalue weighted by atomic mass is 16.3. The lowest BCUT2D eigenvalue weighted by Gasteiger charge is -2.54. The van der Waals surface area contributed by atoms with Crippen molar-refractivity contribution in [3.05, 3.63) is 34.9 Å². The Balaban J connectivity index is 1.62. The van der Waals surface area contributed by atoms with Crippen LogP contribution in [0, 0.1) is 22.2 Å². The van der Waals surface area contributed by atoms with Crippen molar-refractivity contribution in [1.82, 2.24) is 0 Å². The molecule has 2 nitrogen and oxygen atoms in total. The Bertz CT molecular complexity index is 726. The average Bonchev–Trinajstić information content (AvgIpc) is 2.99. The van der Waals surface area contributed by atoms with Crippen molar-refractivity contribution in [1.29, 1.82) is 0 Å². The lowest BCUT2D eigenvalue weighted by molar-refractivity contribution is -0.120. The van der Waals surface area contributed by atoms with Gasteiger partial charge in [0, 0.05) is 18.3 Å². The van der Waals surface area contributed by atoms with E-state index in [4.69, 9.17) is 0 Å². The van der Waals surface area contributed by atoms with E-state index in [-0.39, 0.29) is 22.3 Å². The Morgan fingerprint density at radius 3 is 2.79 bits per heavy atom. The third kappa shape index (κ3) is 1.55. The van der Waals surface area contributed by atoms with Gasteiger partial charge in [-0.05, 0) is 66.4 Å². The van der Waals surface area contributed by atoms with E-state index in [0.29, 0.717) is 18.1 Å². The Morgan fingerprint density at radius 2 is 1.96 bits per heavy atom. The molecule has 0 heterocycles. The second-order valence-corrected chi connectivity index (χ2v) is 9.45. The van der Waals surface area contributed by atoms with E-state index in [1.54, 1.807) is 0 Å². The molecule has 5 rings (SSSR count). The van der Waals surface area contributed by atoms with Gasteiger partial charge < -0.3 is 5.11 Å². The van der Waals surface area contributed by atoms with Gasteiger partial charge in [0.05, 0.1) is 6.10 Å². The first kappa shape index (κ1) is 15.1. The van der Waals surface area contributed by atoms with Crippen LogP contribution in [0.25, 0.3) is 0 Å². The largest absolute Gasteiger partial charge is 0.392 e. The van der Waals surface area contributed by atoms with E-state index in [2.05, 4.69) is 32.1 Å². The van der Waals surface area contributed by atoms with Crippen LogP contribution in [0.2, 0.25) is 0 Å². The fourth-order valence-electron chi connectivity index (χ4n) is 7.09. The molecule has 2 heteroatoms. The molecular weight excluding hydrogens is 296 g/mol. The minimum absolute atomic E-state index is 0.00151. The molecular formula is C22H28O2. The van der Waals surface area contributed by atoms with Crippen LogP contribution in [0.15, 0.2) is 34.9 Å². The first-order valence-corrected chi connectivity index (χ1v) is 9.73. The molecule has 128 valence electrons. The monoisotopic (exact) mass is 324 g/mol. The third-order valence-corrected chi connectivity index (χ3v) is 8.64. The smallest absolute Gasteiger partial charge is 0.136 e. The van der Waals surface area contributed by atoms with E-state index >= 15 is 0 Å². The molecule has 24 heavy (non-hydrogen) atoms. The van der Waals surface area contributed by atoms with Gasteiger partial charge in [0.25, 0.3) is 0 Å². The summed E-state index contributed by atoms with van der Waals surface area (Å²) in [6.45, 7) is 4.79. The zero-order valence-corrected chi connectivity index (χ0v) is 14.9. The molecule has 0 aliphatic heterocycles. The van der Waals surface area contributed by atoms with Gasteiger partial charge in [-0.3, -0.25) is 4.79 Å². The summed E-state index contributed by atoms with van der Waals surface area (Å²) in [5.41, 5.74) is 4.73.